The summed E-state index contributed by atoms with van der Waals surface area (Å²) in [7, 11) is 1.60. The molecule has 1 aromatic carbocycles. The molecular formula is C21H32N2O3. The smallest absolute Gasteiger partial charge is 0.257 e. The van der Waals surface area contributed by atoms with Gasteiger partial charge in [0.25, 0.3) is 5.91 Å². The SMILES string of the molecule is CCC(CC)C(=O)N1CCCN(C(=O)c2cc(C)c(C)cc2OC)CC1. The number of hydrogen-bond acceptors (Lipinski definition) is 3. The van der Waals surface area contributed by atoms with Crippen molar-refractivity contribution in [1.29, 1.82) is 0 Å². The summed E-state index contributed by atoms with van der Waals surface area (Å²) in [6.45, 7) is 10.7. The van der Waals surface area contributed by atoms with Gasteiger partial charge in [-0.25, -0.2) is 0 Å². The number of rotatable bonds is 5. The maximum atomic E-state index is 13.1. The predicted molar refractivity (Wildman–Crippen MR) is 104 cm³/mol. The fourth-order valence-corrected chi connectivity index (χ4v) is 3.53. The van der Waals surface area contributed by atoms with E-state index < -0.39 is 0 Å². The third kappa shape index (κ3) is 4.37. The number of aryl methyl sites for hydroxylation is 2. The quantitative estimate of drug-likeness (QED) is 0.808. The first-order valence-electron chi connectivity index (χ1n) is 9.66. The Balaban J connectivity index is 2.13. The third-order valence-electron chi connectivity index (χ3n) is 5.48. The van der Waals surface area contributed by atoms with E-state index >= 15 is 0 Å². The summed E-state index contributed by atoms with van der Waals surface area (Å²) in [6.07, 6.45) is 2.55. The summed E-state index contributed by atoms with van der Waals surface area (Å²) in [5.74, 6) is 0.930. The summed E-state index contributed by atoms with van der Waals surface area (Å²) in [5, 5.41) is 0. The average molecular weight is 360 g/mol. The van der Waals surface area contributed by atoms with E-state index in [2.05, 4.69) is 13.8 Å². The zero-order valence-electron chi connectivity index (χ0n) is 16.8. The predicted octanol–water partition coefficient (Wildman–Crippen LogP) is 3.42. The van der Waals surface area contributed by atoms with Gasteiger partial charge in [0.2, 0.25) is 5.91 Å². The first-order valence-corrected chi connectivity index (χ1v) is 9.66. The molecular weight excluding hydrogens is 328 g/mol. The van der Waals surface area contributed by atoms with Gasteiger partial charge < -0.3 is 14.5 Å². The highest BCUT2D eigenvalue weighted by Crippen LogP contribution is 2.25. The number of benzene rings is 1. The van der Waals surface area contributed by atoms with Crippen molar-refractivity contribution < 1.29 is 14.3 Å². The van der Waals surface area contributed by atoms with E-state index in [1.807, 2.05) is 35.8 Å². The van der Waals surface area contributed by atoms with Crippen LogP contribution < -0.4 is 4.74 Å². The highest BCUT2D eigenvalue weighted by molar-refractivity contribution is 5.97. The van der Waals surface area contributed by atoms with Crippen molar-refractivity contribution in [1.82, 2.24) is 9.80 Å². The second kappa shape index (κ2) is 9.06. The molecule has 0 saturated carbocycles. The highest BCUT2D eigenvalue weighted by Gasteiger charge is 2.27. The Labute approximate surface area is 157 Å². The van der Waals surface area contributed by atoms with Gasteiger partial charge in [-0.1, -0.05) is 13.8 Å². The van der Waals surface area contributed by atoms with E-state index in [1.54, 1.807) is 7.11 Å². The molecule has 0 aliphatic carbocycles. The van der Waals surface area contributed by atoms with Crippen molar-refractivity contribution >= 4 is 11.8 Å². The van der Waals surface area contributed by atoms with Gasteiger partial charge in [0.15, 0.2) is 0 Å². The van der Waals surface area contributed by atoms with Crippen LogP contribution in [0.15, 0.2) is 12.1 Å². The zero-order chi connectivity index (χ0) is 19.3. The Morgan fingerprint density at radius 1 is 1.00 bits per heavy atom. The molecule has 0 unspecified atom stereocenters. The Bertz CT molecular complexity index is 653. The maximum Gasteiger partial charge on any atom is 0.257 e. The number of nitrogens with zero attached hydrogens (tertiary/aromatic N) is 2. The summed E-state index contributed by atoms with van der Waals surface area (Å²) < 4.78 is 5.43. The number of amides is 2. The summed E-state index contributed by atoms with van der Waals surface area (Å²) in [6, 6.07) is 3.83. The minimum Gasteiger partial charge on any atom is -0.496 e. The largest absolute Gasteiger partial charge is 0.496 e. The lowest BCUT2D eigenvalue weighted by Gasteiger charge is -2.25. The van der Waals surface area contributed by atoms with Crippen molar-refractivity contribution in [3.63, 3.8) is 0 Å². The van der Waals surface area contributed by atoms with Crippen LogP contribution in [-0.2, 0) is 4.79 Å². The first kappa shape index (κ1) is 20.3. The summed E-state index contributed by atoms with van der Waals surface area (Å²) >= 11 is 0. The molecule has 0 N–H and O–H groups in total. The molecule has 1 aliphatic heterocycles. The van der Waals surface area contributed by atoms with Crippen LogP contribution in [0.2, 0.25) is 0 Å². The maximum absolute atomic E-state index is 13.1. The molecule has 0 spiro atoms. The molecule has 1 heterocycles. The van der Waals surface area contributed by atoms with Gasteiger partial charge >= 0.3 is 0 Å². The Morgan fingerprint density at radius 3 is 2.19 bits per heavy atom. The Hall–Kier alpha value is -2.04. The molecule has 0 aromatic heterocycles. The minimum absolute atomic E-state index is 0.0122. The number of ether oxygens (including phenoxy) is 1. The molecule has 5 heteroatoms. The van der Waals surface area contributed by atoms with Gasteiger partial charge in [-0.15, -0.1) is 0 Å². The van der Waals surface area contributed by atoms with Crippen LogP contribution in [0.3, 0.4) is 0 Å². The number of carbonyl (C=O) groups excluding carboxylic acids is 2. The molecule has 2 rings (SSSR count). The molecule has 0 atom stereocenters. The van der Waals surface area contributed by atoms with E-state index in [0.29, 0.717) is 30.9 Å². The van der Waals surface area contributed by atoms with Crippen LogP contribution in [-0.4, -0.2) is 54.9 Å². The van der Waals surface area contributed by atoms with E-state index in [4.69, 9.17) is 4.74 Å². The fourth-order valence-electron chi connectivity index (χ4n) is 3.53. The van der Waals surface area contributed by atoms with Crippen LogP contribution in [0.4, 0.5) is 0 Å². The average Bonchev–Trinajstić information content (AvgIpc) is 2.90. The molecule has 144 valence electrons. The van der Waals surface area contributed by atoms with Crippen molar-refractivity contribution in [2.75, 3.05) is 33.3 Å². The van der Waals surface area contributed by atoms with Crippen LogP contribution in [0, 0.1) is 19.8 Å². The van der Waals surface area contributed by atoms with Crippen LogP contribution in [0.5, 0.6) is 5.75 Å². The van der Waals surface area contributed by atoms with E-state index in [-0.39, 0.29) is 17.7 Å². The highest BCUT2D eigenvalue weighted by atomic mass is 16.5. The number of hydrogen-bond donors (Lipinski definition) is 0. The van der Waals surface area contributed by atoms with Crippen LogP contribution in [0.25, 0.3) is 0 Å². The molecule has 2 amide bonds. The monoisotopic (exact) mass is 360 g/mol. The summed E-state index contributed by atoms with van der Waals surface area (Å²) in [5.41, 5.74) is 2.79. The van der Waals surface area contributed by atoms with Gasteiger partial charge in [-0.3, -0.25) is 9.59 Å². The van der Waals surface area contributed by atoms with Gasteiger partial charge in [-0.2, -0.15) is 0 Å². The molecule has 1 aromatic rings. The van der Waals surface area contributed by atoms with Crippen molar-refractivity contribution in [3.8, 4) is 5.75 Å². The number of carbonyl (C=O) groups is 2. The standard InChI is InChI=1S/C21H32N2O3/c1-6-17(7-2)20(24)22-9-8-10-23(12-11-22)21(25)18-13-15(3)16(4)14-19(18)26-5/h13-14,17H,6-12H2,1-5H3. The van der Waals surface area contributed by atoms with Gasteiger partial charge in [0.1, 0.15) is 5.75 Å². The lowest BCUT2D eigenvalue weighted by Crippen LogP contribution is -2.39. The molecule has 0 bridgehead atoms. The molecule has 26 heavy (non-hydrogen) atoms. The molecule has 0 radical (unpaired) electrons. The Kier molecular flexibility index (Phi) is 7.06. The van der Waals surface area contributed by atoms with Crippen molar-refractivity contribution in [2.24, 2.45) is 5.92 Å². The molecule has 1 saturated heterocycles. The molecule has 1 fully saturated rings. The second-order valence-electron chi connectivity index (χ2n) is 7.12. The third-order valence-corrected chi connectivity index (χ3v) is 5.48. The van der Waals surface area contributed by atoms with Gasteiger partial charge in [0, 0.05) is 32.1 Å². The lowest BCUT2D eigenvalue weighted by atomic mass is 10.0. The van der Waals surface area contributed by atoms with E-state index in [9.17, 15) is 9.59 Å². The van der Waals surface area contributed by atoms with Crippen LogP contribution >= 0.6 is 0 Å². The Morgan fingerprint density at radius 2 is 1.58 bits per heavy atom. The van der Waals surface area contributed by atoms with E-state index in [1.165, 1.54) is 0 Å². The van der Waals surface area contributed by atoms with Crippen molar-refractivity contribution in [3.05, 3.63) is 28.8 Å². The second-order valence-corrected chi connectivity index (χ2v) is 7.12. The minimum atomic E-state index is -0.0122. The molecule has 1 aliphatic rings. The fraction of sp³-hybridized carbons (Fsp3) is 0.619. The lowest BCUT2D eigenvalue weighted by molar-refractivity contribution is -0.135. The van der Waals surface area contributed by atoms with Crippen molar-refractivity contribution in [2.45, 2.75) is 47.0 Å². The number of methoxy groups -OCH3 is 1. The van der Waals surface area contributed by atoms with Gasteiger partial charge in [-0.05, 0) is 56.4 Å². The zero-order valence-corrected chi connectivity index (χ0v) is 16.8. The molecule has 5 nitrogen and oxygen atoms in total. The van der Waals surface area contributed by atoms with Crippen LogP contribution in [0.1, 0.15) is 54.6 Å². The normalized spacial score (nSPS) is 15.2. The van der Waals surface area contributed by atoms with E-state index in [0.717, 1.165) is 36.9 Å². The topological polar surface area (TPSA) is 49.9 Å². The summed E-state index contributed by atoms with van der Waals surface area (Å²) in [4.78, 5) is 29.5. The van der Waals surface area contributed by atoms with Gasteiger partial charge in [0.05, 0.1) is 12.7 Å². The first-order chi connectivity index (χ1) is 12.4.